The molecule has 6 heteroatoms. The maximum atomic E-state index is 13.9. The van der Waals surface area contributed by atoms with Gasteiger partial charge in [-0.15, -0.1) is 0 Å². The first kappa shape index (κ1) is 15.8. The van der Waals surface area contributed by atoms with Crippen molar-refractivity contribution in [2.24, 2.45) is 0 Å². The number of amides is 2. The number of nitrogens with zero attached hydrogens (tertiary/aromatic N) is 1. The summed E-state index contributed by atoms with van der Waals surface area (Å²) in [5.74, 6) is -0.324. The van der Waals surface area contributed by atoms with Gasteiger partial charge in [-0.05, 0) is 24.3 Å². The van der Waals surface area contributed by atoms with E-state index in [1.807, 2.05) is 0 Å². The van der Waals surface area contributed by atoms with Gasteiger partial charge in [0.1, 0.15) is 11.9 Å². The second kappa shape index (κ2) is 6.98. The van der Waals surface area contributed by atoms with Gasteiger partial charge in [0.15, 0.2) is 0 Å². The Morgan fingerprint density at radius 1 is 1.26 bits per heavy atom. The van der Waals surface area contributed by atoms with Crippen LogP contribution < -0.4 is 5.32 Å². The number of halogens is 2. The molecule has 0 radical (unpaired) electrons. The van der Waals surface area contributed by atoms with Gasteiger partial charge in [0.2, 0.25) is 0 Å². The van der Waals surface area contributed by atoms with Crippen molar-refractivity contribution in [1.29, 1.82) is 0 Å². The molecule has 1 aliphatic heterocycles. The number of anilines is 1. The Hall–Kier alpha value is -2.11. The zero-order valence-electron chi connectivity index (χ0n) is 12.3. The fraction of sp³-hybridized carbons (Fsp3) is 0.235. The molecule has 2 aromatic carbocycles. The van der Waals surface area contributed by atoms with Crippen molar-refractivity contribution in [3.63, 3.8) is 0 Å². The van der Waals surface area contributed by atoms with Gasteiger partial charge in [-0.3, -0.25) is 0 Å². The molecule has 1 saturated heterocycles. The molecule has 3 rings (SSSR count). The van der Waals surface area contributed by atoms with Gasteiger partial charge >= 0.3 is 6.03 Å². The molecular weight excluding hydrogens is 319 g/mol. The van der Waals surface area contributed by atoms with Crippen LogP contribution in [0.1, 0.15) is 11.7 Å². The Kier molecular flexibility index (Phi) is 4.79. The van der Waals surface area contributed by atoms with E-state index in [1.54, 1.807) is 47.4 Å². The van der Waals surface area contributed by atoms with E-state index >= 15 is 0 Å². The first-order valence-corrected chi connectivity index (χ1v) is 7.69. The number of rotatable bonds is 2. The first-order chi connectivity index (χ1) is 11.1. The van der Waals surface area contributed by atoms with Crippen molar-refractivity contribution >= 4 is 23.3 Å². The number of nitrogens with one attached hydrogen (secondary N) is 1. The van der Waals surface area contributed by atoms with E-state index in [1.165, 1.54) is 6.07 Å². The van der Waals surface area contributed by atoms with Gasteiger partial charge in [0, 0.05) is 22.8 Å². The summed E-state index contributed by atoms with van der Waals surface area (Å²) in [7, 11) is 0. The average molecular weight is 335 g/mol. The first-order valence-electron chi connectivity index (χ1n) is 7.31. The summed E-state index contributed by atoms with van der Waals surface area (Å²) >= 11 is 5.91. The molecule has 1 unspecified atom stereocenters. The molecule has 1 atom stereocenters. The van der Waals surface area contributed by atoms with Crippen LogP contribution in [0.3, 0.4) is 0 Å². The van der Waals surface area contributed by atoms with E-state index < -0.39 is 6.10 Å². The minimum atomic E-state index is -0.463. The zero-order chi connectivity index (χ0) is 16.2. The highest BCUT2D eigenvalue weighted by atomic mass is 35.5. The molecule has 1 heterocycles. The molecule has 0 spiro atoms. The third-order valence-electron chi connectivity index (χ3n) is 3.68. The average Bonchev–Trinajstić information content (AvgIpc) is 2.55. The van der Waals surface area contributed by atoms with Crippen molar-refractivity contribution in [3.05, 3.63) is 64.9 Å². The van der Waals surface area contributed by atoms with Gasteiger partial charge in [-0.1, -0.05) is 35.9 Å². The van der Waals surface area contributed by atoms with Gasteiger partial charge in [0.25, 0.3) is 0 Å². The molecule has 23 heavy (non-hydrogen) atoms. The van der Waals surface area contributed by atoms with Gasteiger partial charge < -0.3 is 15.0 Å². The maximum absolute atomic E-state index is 13.9. The predicted molar refractivity (Wildman–Crippen MR) is 87.1 cm³/mol. The van der Waals surface area contributed by atoms with Crippen LogP contribution in [0.2, 0.25) is 5.02 Å². The largest absolute Gasteiger partial charge is 0.370 e. The third kappa shape index (κ3) is 3.81. The normalized spacial score (nSPS) is 17.8. The van der Waals surface area contributed by atoms with Crippen LogP contribution in [0.5, 0.6) is 0 Å². The maximum Gasteiger partial charge on any atom is 0.322 e. The predicted octanol–water partition coefficient (Wildman–Crippen LogP) is 4.08. The van der Waals surface area contributed by atoms with Crippen LogP contribution in [-0.2, 0) is 4.74 Å². The smallest absolute Gasteiger partial charge is 0.322 e. The molecule has 2 amide bonds. The number of carbonyl (C=O) groups excluding carboxylic acids is 1. The van der Waals surface area contributed by atoms with Crippen LogP contribution in [0.4, 0.5) is 14.9 Å². The van der Waals surface area contributed by atoms with Gasteiger partial charge in [0.05, 0.1) is 13.2 Å². The van der Waals surface area contributed by atoms with Crippen LogP contribution in [0, 0.1) is 5.82 Å². The van der Waals surface area contributed by atoms with Crippen LogP contribution in [0.15, 0.2) is 48.5 Å². The number of carbonyl (C=O) groups is 1. The summed E-state index contributed by atoms with van der Waals surface area (Å²) < 4.78 is 19.5. The monoisotopic (exact) mass is 334 g/mol. The Morgan fingerprint density at radius 2 is 2.09 bits per heavy atom. The minimum Gasteiger partial charge on any atom is -0.370 e. The van der Waals surface area contributed by atoms with Gasteiger partial charge in [-0.25, -0.2) is 9.18 Å². The number of morpholine rings is 1. The summed E-state index contributed by atoms with van der Waals surface area (Å²) in [6.45, 7) is 1.12. The summed E-state index contributed by atoms with van der Waals surface area (Å²) in [5, 5.41) is 3.34. The number of benzene rings is 2. The standard InChI is InChI=1S/C17H16ClFN2O2/c18-12-4-3-5-13(10-12)20-17(22)21-8-9-23-16(11-21)14-6-1-2-7-15(14)19/h1-7,10,16H,8-9,11H2,(H,20,22). The molecule has 2 aromatic rings. The number of hydrogen-bond donors (Lipinski definition) is 1. The molecule has 1 aliphatic rings. The van der Waals surface area contributed by atoms with E-state index in [4.69, 9.17) is 16.3 Å². The lowest BCUT2D eigenvalue weighted by atomic mass is 10.1. The number of hydrogen-bond acceptors (Lipinski definition) is 2. The molecule has 120 valence electrons. The van der Waals surface area contributed by atoms with Gasteiger partial charge in [-0.2, -0.15) is 0 Å². The van der Waals surface area contributed by atoms with Crippen molar-refractivity contribution in [2.45, 2.75) is 6.10 Å². The highest BCUT2D eigenvalue weighted by Crippen LogP contribution is 2.25. The SMILES string of the molecule is O=C(Nc1cccc(Cl)c1)N1CCOC(c2ccccc2F)C1. The fourth-order valence-corrected chi connectivity index (χ4v) is 2.72. The summed E-state index contributed by atoms with van der Waals surface area (Å²) in [5.41, 5.74) is 1.09. The molecule has 4 nitrogen and oxygen atoms in total. The lowest BCUT2D eigenvalue weighted by Gasteiger charge is -2.33. The molecular formula is C17H16ClFN2O2. The molecule has 1 N–H and O–H groups in total. The van der Waals surface area contributed by atoms with E-state index in [-0.39, 0.29) is 11.8 Å². The lowest BCUT2D eigenvalue weighted by molar-refractivity contribution is -0.0152. The van der Waals surface area contributed by atoms with Crippen molar-refractivity contribution < 1.29 is 13.9 Å². The van der Waals surface area contributed by atoms with Crippen molar-refractivity contribution in [1.82, 2.24) is 4.90 Å². The van der Waals surface area contributed by atoms with E-state index in [0.29, 0.717) is 36.0 Å². The van der Waals surface area contributed by atoms with E-state index in [0.717, 1.165) is 0 Å². The van der Waals surface area contributed by atoms with Crippen molar-refractivity contribution in [3.8, 4) is 0 Å². The molecule has 1 fully saturated rings. The lowest BCUT2D eigenvalue weighted by Crippen LogP contribution is -2.44. The quantitative estimate of drug-likeness (QED) is 0.899. The van der Waals surface area contributed by atoms with E-state index in [9.17, 15) is 9.18 Å². The summed E-state index contributed by atoms with van der Waals surface area (Å²) in [6.07, 6.45) is -0.463. The molecule has 0 saturated carbocycles. The molecule has 0 bridgehead atoms. The summed E-state index contributed by atoms with van der Waals surface area (Å²) in [4.78, 5) is 14.0. The Labute approximate surface area is 138 Å². The second-order valence-electron chi connectivity index (χ2n) is 5.27. The van der Waals surface area contributed by atoms with Crippen LogP contribution in [-0.4, -0.2) is 30.6 Å². The third-order valence-corrected chi connectivity index (χ3v) is 3.92. The highest BCUT2D eigenvalue weighted by Gasteiger charge is 2.27. The zero-order valence-corrected chi connectivity index (χ0v) is 13.1. The molecule has 0 aromatic heterocycles. The Balaban J connectivity index is 1.68. The Bertz CT molecular complexity index is 710. The number of ether oxygens (including phenoxy) is 1. The van der Waals surface area contributed by atoms with Crippen molar-refractivity contribution in [2.75, 3.05) is 25.0 Å². The minimum absolute atomic E-state index is 0.253. The van der Waals surface area contributed by atoms with E-state index in [2.05, 4.69) is 5.32 Å². The second-order valence-corrected chi connectivity index (χ2v) is 5.70. The molecule has 0 aliphatic carbocycles. The van der Waals surface area contributed by atoms with Crippen LogP contribution in [0.25, 0.3) is 0 Å². The van der Waals surface area contributed by atoms with Crippen LogP contribution >= 0.6 is 11.6 Å². The topological polar surface area (TPSA) is 41.6 Å². The number of urea groups is 1. The Morgan fingerprint density at radius 3 is 2.87 bits per heavy atom. The summed E-state index contributed by atoms with van der Waals surface area (Å²) in [6, 6.07) is 13.1. The fourth-order valence-electron chi connectivity index (χ4n) is 2.53. The highest BCUT2D eigenvalue weighted by molar-refractivity contribution is 6.30.